The molecular formula is C16H18F4N2O4. The van der Waals surface area contributed by atoms with Crippen LogP contribution < -0.4 is 10.1 Å². The van der Waals surface area contributed by atoms with Gasteiger partial charge in [-0.05, 0) is 26.0 Å². The van der Waals surface area contributed by atoms with E-state index in [1.165, 1.54) is 12.1 Å². The maximum atomic E-state index is 14.0. The number of hydrogen-bond acceptors (Lipinski definition) is 3. The van der Waals surface area contributed by atoms with Crippen LogP contribution in [0, 0.1) is 17.7 Å². The second kappa shape index (κ2) is 7.38. The van der Waals surface area contributed by atoms with E-state index in [2.05, 4.69) is 5.32 Å². The van der Waals surface area contributed by atoms with E-state index in [4.69, 9.17) is 9.84 Å². The summed E-state index contributed by atoms with van der Waals surface area (Å²) < 4.78 is 58.2. The lowest BCUT2D eigenvalue weighted by Gasteiger charge is -2.19. The van der Waals surface area contributed by atoms with Crippen LogP contribution in [0.1, 0.15) is 13.8 Å². The Morgan fingerprint density at radius 1 is 1.31 bits per heavy atom. The number of amides is 2. The van der Waals surface area contributed by atoms with Gasteiger partial charge in [-0.2, -0.15) is 13.2 Å². The van der Waals surface area contributed by atoms with Crippen molar-refractivity contribution in [3.05, 3.63) is 24.0 Å². The number of ether oxygens (including phenoxy) is 1. The minimum atomic E-state index is -4.75. The number of benzene rings is 1. The molecule has 0 spiro atoms. The van der Waals surface area contributed by atoms with E-state index < -0.39 is 48.9 Å². The Morgan fingerprint density at radius 3 is 2.42 bits per heavy atom. The molecule has 2 amide bonds. The zero-order chi connectivity index (χ0) is 19.6. The van der Waals surface area contributed by atoms with Gasteiger partial charge in [0.2, 0.25) is 0 Å². The normalized spacial score (nSPS) is 20.3. The van der Waals surface area contributed by atoms with Crippen molar-refractivity contribution in [1.29, 1.82) is 0 Å². The summed E-state index contributed by atoms with van der Waals surface area (Å²) in [6.07, 6.45) is -4.94. The van der Waals surface area contributed by atoms with E-state index in [0.29, 0.717) is 0 Å². The third-order valence-corrected chi connectivity index (χ3v) is 3.90. The standard InChI is InChI=1S/C16H18F4N2O4/c1-8(2)26-9-3-4-13(12(17)5-9)21-15(25)22-6-10(14(23)24)11(7-22)16(18,19)20/h3-5,8,10-11H,6-7H2,1-2H3,(H,21,25)(H,23,24)/t10-,11-/m1/s1. The van der Waals surface area contributed by atoms with E-state index in [-0.39, 0.29) is 17.5 Å². The van der Waals surface area contributed by atoms with Crippen molar-refractivity contribution < 1.29 is 37.0 Å². The second-order valence-electron chi connectivity index (χ2n) is 6.24. The van der Waals surface area contributed by atoms with Gasteiger partial charge in [0, 0.05) is 19.2 Å². The number of nitrogens with one attached hydrogen (secondary N) is 1. The van der Waals surface area contributed by atoms with Crippen LogP contribution in [-0.2, 0) is 4.79 Å². The molecule has 0 aliphatic carbocycles. The van der Waals surface area contributed by atoms with Crippen LogP contribution >= 0.6 is 0 Å². The summed E-state index contributed by atoms with van der Waals surface area (Å²) in [6.45, 7) is 2.08. The first kappa shape index (κ1) is 19.8. The minimum absolute atomic E-state index is 0.188. The van der Waals surface area contributed by atoms with Crippen molar-refractivity contribution in [2.45, 2.75) is 26.1 Å². The number of halogens is 4. The number of carboxylic acid groups (broad SMARTS) is 1. The molecule has 1 saturated heterocycles. The Hall–Kier alpha value is -2.52. The first-order valence-corrected chi connectivity index (χ1v) is 7.80. The summed E-state index contributed by atoms with van der Waals surface area (Å²) >= 11 is 0. The Balaban J connectivity index is 2.09. The lowest BCUT2D eigenvalue weighted by atomic mass is 9.96. The fourth-order valence-electron chi connectivity index (χ4n) is 2.69. The van der Waals surface area contributed by atoms with Gasteiger partial charge in [0.05, 0.1) is 23.6 Å². The number of carbonyl (C=O) groups is 2. The lowest BCUT2D eigenvalue weighted by molar-refractivity contribution is -0.187. The van der Waals surface area contributed by atoms with Crippen LogP contribution in [0.25, 0.3) is 0 Å². The summed E-state index contributed by atoms with van der Waals surface area (Å²) in [6, 6.07) is 2.66. The van der Waals surface area contributed by atoms with Crippen molar-refractivity contribution in [2.24, 2.45) is 11.8 Å². The van der Waals surface area contributed by atoms with Gasteiger partial charge in [0.25, 0.3) is 0 Å². The number of alkyl halides is 3. The van der Waals surface area contributed by atoms with Crippen LogP contribution in [0.2, 0.25) is 0 Å². The molecule has 0 saturated carbocycles. The Kier molecular flexibility index (Phi) is 5.62. The average molecular weight is 378 g/mol. The fourth-order valence-corrected chi connectivity index (χ4v) is 2.69. The van der Waals surface area contributed by atoms with Crippen LogP contribution in [-0.4, -0.2) is 47.4 Å². The topological polar surface area (TPSA) is 78.9 Å². The third kappa shape index (κ3) is 4.55. The maximum absolute atomic E-state index is 14.0. The van der Waals surface area contributed by atoms with Crippen LogP contribution in [0.3, 0.4) is 0 Å². The number of nitrogens with zero attached hydrogens (tertiary/aromatic N) is 1. The van der Waals surface area contributed by atoms with Crippen LogP contribution in [0.5, 0.6) is 5.75 Å². The minimum Gasteiger partial charge on any atom is -0.491 e. The monoisotopic (exact) mass is 378 g/mol. The smallest absolute Gasteiger partial charge is 0.394 e. The molecule has 1 aromatic carbocycles. The first-order valence-electron chi connectivity index (χ1n) is 7.80. The zero-order valence-electron chi connectivity index (χ0n) is 14.0. The highest BCUT2D eigenvalue weighted by Crippen LogP contribution is 2.38. The van der Waals surface area contributed by atoms with Gasteiger partial charge in [0.15, 0.2) is 0 Å². The highest BCUT2D eigenvalue weighted by atomic mass is 19.4. The molecule has 2 rings (SSSR count). The summed E-state index contributed by atoms with van der Waals surface area (Å²) in [5.41, 5.74) is -0.242. The fraction of sp³-hybridized carbons (Fsp3) is 0.500. The quantitative estimate of drug-likeness (QED) is 0.788. The van der Waals surface area contributed by atoms with Gasteiger partial charge < -0.3 is 20.1 Å². The predicted octanol–water partition coefficient (Wildman–Crippen LogP) is 3.34. The molecule has 1 fully saturated rings. The molecule has 6 nitrogen and oxygen atoms in total. The highest BCUT2D eigenvalue weighted by Gasteiger charge is 2.53. The van der Waals surface area contributed by atoms with Crippen molar-refractivity contribution in [1.82, 2.24) is 4.90 Å². The summed E-state index contributed by atoms with van der Waals surface area (Å²) in [7, 11) is 0. The summed E-state index contributed by atoms with van der Waals surface area (Å²) in [4.78, 5) is 23.9. The number of hydrogen-bond donors (Lipinski definition) is 2. The summed E-state index contributed by atoms with van der Waals surface area (Å²) in [5, 5.41) is 11.1. The Bertz CT molecular complexity index is 693. The first-order chi connectivity index (χ1) is 12.0. The van der Waals surface area contributed by atoms with Gasteiger partial charge in [0.1, 0.15) is 11.6 Å². The molecule has 1 aromatic rings. The molecule has 0 aromatic heterocycles. The molecule has 1 aliphatic rings. The Morgan fingerprint density at radius 2 is 1.96 bits per heavy atom. The van der Waals surface area contributed by atoms with E-state index >= 15 is 0 Å². The zero-order valence-corrected chi connectivity index (χ0v) is 14.0. The highest BCUT2D eigenvalue weighted by molar-refractivity contribution is 5.90. The number of rotatable bonds is 4. The number of carboxylic acids is 1. The molecule has 0 unspecified atom stereocenters. The number of carbonyl (C=O) groups excluding carboxylic acids is 1. The molecule has 0 radical (unpaired) electrons. The van der Waals surface area contributed by atoms with Crippen LogP contribution in [0.15, 0.2) is 18.2 Å². The van der Waals surface area contributed by atoms with E-state index in [1.807, 2.05) is 0 Å². The molecule has 1 heterocycles. The lowest BCUT2D eigenvalue weighted by Crippen LogP contribution is -2.35. The van der Waals surface area contributed by atoms with E-state index in [0.717, 1.165) is 11.0 Å². The van der Waals surface area contributed by atoms with Crippen LogP contribution in [0.4, 0.5) is 28.0 Å². The molecular weight excluding hydrogens is 360 g/mol. The number of likely N-dealkylation sites (tertiary alicyclic amines) is 1. The van der Waals surface area contributed by atoms with Crippen molar-refractivity contribution in [2.75, 3.05) is 18.4 Å². The second-order valence-corrected chi connectivity index (χ2v) is 6.24. The van der Waals surface area contributed by atoms with Crippen molar-refractivity contribution >= 4 is 17.7 Å². The van der Waals surface area contributed by atoms with E-state index in [9.17, 15) is 27.2 Å². The predicted molar refractivity (Wildman–Crippen MR) is 83.4 cm³/mol. The van der Waals surface area contributed by atoms with Crippen molar-refractivity contribution in [3.63, 3.8) is 0 Å². The molecule has 1 aliphatic heterocycles. The molecule has 26 heavy (non-hydrogen) atoms. The van der Waals surface area contributed by atoms with Gasteiger partial charge in [-0.1, -0.05) is 0 Å². The number of aliphatic carboxylic acids is 1. The average Bonchev–Trinajstić information content (AvgIpc) is 2.95. The molecule has 2 atom stereocenters. The number of urea groups is 1. The molecule has 2 N–H and O–H groups in total. The summed E-state index contributed by atoms with van der Waals surface area (Å²) in [5.74, 6) is -6.15. The van der Waals surface area contributed by atoms with Crippen molar-refractivity contribution in [3.8, 4) is 5.75 Å². The molecule has 0 bridgehead atoms. The largest absolute Gasteiger partial charge is 0.491 e. The Labute approximate surface area is 146 Å². The SMILES string of the molecule is CC(C)Oc1ccc(NC(=O)N2C[C@@H](C(F)(F)F)[C@H](C(=O)O)C2)c(F)c1. The third-order valence-electron chi connectivity index (χ3n) is 3.90. The van der Waals surface area contributed by atoms with Gasteiger partial charge in [-0.3, -0.25) is 4.79 Å². The van der Waals surface area contributed by atoms with Gasteiger partial charge in [-0.25, -0.2) is 9.18 Å². The van der Waals surface area contributed by atoms with Gasteiger partial charge in [-0.15, -0.1) is 0 Å². The number of anilines is 1. The maximum Gasteiger partial charge on any atom is 0.394 e. The van der Waals surface area contributed by atoms with E-state index in [1.54, 1.807) is 13.8 Å². The van der Waals surface area contributed by atoms with Gasteiger partial charge >= 0.3 is 18.2 Å². The molecule has 10 heteroatoms. The molecule has 144 valence electrons.